The lowest BCUT2D eigenvalue weighted by Crippen LogP contribution is -2.29. The Labute approximate surface area is 172 Å². The monoisotopic (exact) mass is 388 g/mol. The molecule has 29 heavy (non-hydrogen) atoms. The third-order valence-corrected chi connectivity index (χ3v) is 5.79. The van der Waals surface area contributed by atoms with Gasteiger partial charge in [0.1, 0.15) is 5.69 Å². The van der Waals surface area contributed by atoms with Gasteiger partial charge in [-0.2, -0.15) is 0 Å². The second kappa shape index (κ2) is 9.10. The highest BCUT2D eigenvalue weighted by molar-refractivity contribution is 5.98. The van der Waals surface area contributed by atoms with Crippen molar-refractivity contribution in [2.75, 3.05) is 26.7 Å². The Balaban J connectivity index is 1.32. The van der Waals surface area contributed by atoms with Gasteiger partial charge in [-0.05, 0) is 55.0 Å². The molecule has 2 aromatic carbocycles. The number of H-pyrrole nitrogens is 1. The molecule has 0 saturated heterocycles. The third-order valence-electron chi connectivity index (χ3n) is 5.79. The Morgan fingerprint density at radius 1 is 1.07 bits per heavy atom. The minimum Gasteiger partial charge on any atom is -0.464 e. The van der Waals surface area contributed by atoms with E-state index >= 15 is 0 Å². The van der Waals surface area contributed by atoms with Crippen molar-refractivity contribution in [1.82, 2.24) is 9.88 Å². The summed E-state index contributed by atoms with van der Waals surface area (Å²) >= 11 is 0. The molecule has 0 saturated carbocycles. The third kappa shape index (κ3) is 4.43. The molecule has 0 bridgehead atoms. The Bertz CT molecular complexity index is 1000. The highest BCUT2D eigenvalue weighted by Gasteiger charge is 2.18. The maximum Gasteiger partial charge on any atom is 0.354 e. The van der Waals surface area contributed by atoms with Gasteiger partial charge in [-0.1, -0.05) is 54.6 Å². The number of hydrogen-bond acceptors (Lipinski definition) is 3. The van der Waals surface area contributed by atoms with Crippen LogP contribution in [0.5, 0.6) is 0 Å². The summed E-state index contributed by atoms with van der Waals surface area (Å²) in [5.74, 6) is -0.286. The number of aromatic amines is 1. The molecular formula is C25H28N2O2. The summed E-state index contributed by atoms with van der Waals surface area (Å²) in [4.78, 5) is 17.9. The van der Waals surface area contributed by atoms with Crippen LogP contribution in [0.2, 0.25) is 0 Å². The minimum atomic E-state index is -0.286. The number of nitrogens with one attached hydrogen (secondary N) is 1. The van der Waals surface area contributed by atoms with Crippen molar-refractivity contribution in [3.8, 4) is 0 Å². The first-order chi connectivity index (χ1) is 14.3. The molecule has 1 aromatic heterocycles. The van der Waals surface area contributed by atoms with Crippen molar-refractivity contribution in [1.29, 1.82) is 0 Å². The molecule has 0 fully saturated rings. The maximum atomic E-state index is 12.2. The average Bonchev–Trinajstić information content (AvgIpc) is 3.16. The Morgan fingerprint density at radius 3 is 2.62 bits per heavy atom. The molecule has 4 rings (SSSR count). The number of rotatable bonds is 7. The number of benzene rings is 2. The fourth-order valence-corrected chi connectivity index (χ4v) is 4.20. The minimum absolute atomic E-state index is 0.286. The molecule has 1 N–H and O–H groups in total. The molecule has 1 aliphatic heterocycles. The summed E-state index contributed by atoms with van der Waals surface area (Å²) in [7, 11) is 1.44. The Hall–Kier alpha value is -2.85. The van der Waals surface area contributed by atoms with Gasteiger partial charge in [-0.15, -0.1) is 0 Å². The van der Waals surface area contributed by atoms with Crippen LogP contribution in [0, 0.1) is 0 Å². The quantitative estimate of drug-likeness (QED) is 0.454. The van der Waals surface area contributed by atoms with Gasteiger partial charge in [0, 0.05) is 24.0 Å². The zero-order chi connectivity index (χ0) is 20.1. The number of unbranched alkanes of at least 4 members (excludes halogenated alkanes) is 1. The first-order valence-electron chi connectivity index (χ1n) is 10.4. The second-order valence-electron chi connectivity index (χ2n) is 7.62. The molecule has 4 nitrogen and oxygen atoms in total. The van der Waals surface area contributed by atoms with E-state index in [9.17, 15) is 4.79 Å². The summed E-state index contributed by atoms with van der Waals surface area (Å²) in [5.41, 5.74) is 5.49. The van der Waals surface area contributed by atoms with Crippen molar-refractivity contribution in [3.63, 3.8) is 0 Å². The molecule has 2 heterocycles. The number of para-hydroxylation sites is 1. The number of hydrogen-bond donors (Lipinski definition) is 1. The van der Waals surface area contributed by atoms with Crippen molar-refractivity contribution < 1.29 is 9.53 Å². The summed E-state index contributed by atoms with van der Waals surface area (Å²) in [5, 5.41) is 1.13. The van der Waals surface area contributed by atoms with E-state index in [1.165, 1.54) is 18.2 Å². The van der Waals surface area contributed by atoms with Crippen LogP contribution < -0.4 is 0 Å². The van der Waals surface area contributed by atoms with Crippen molar-refractivity contribution in [2.24, 2.45) is 0 Å². The number of aryl methyl sites for hydroxylation is 1. The molecule has 0 atom stereocenters. The van der Waals surface area contributed by atoms with Crippen LogP contribution in [0.25, 0.3) is 16.5 Å². The summed E-state index contributed by atoms with van der Waals surface area (Å²) in [6, 6.07) is 18.8. The largest absolute Gasteiger partial charge is 0.464 e. The van der Waals surface area contributed by atoms with Gasteiger partial charge in [0.25, 0.3) is 0 Å². The van der Waals surface area contributed by atoms with E-state index in [4.69, 9.17) is 4.74 Å². The van der Waals surface area contributed by atoms with E-state index in [-0.39, 0.29) is 5.97 Å². The molecule has 0 amide bonds. The van der Waals surface area contributed by atoms with Crippen LogP contribution in [0.1, 0.15) is 40.9 Å². The zero-order valence-corrected chi connectivity index (χ0v) is 17.0. The second-order valence-corrected chi connectivity index (χ2v) is 7.62. The summed E-state index contributed by atoms with van der Waals surface area (Å²) in [6.45, 7) is 3.22. The van der Waals surface area contributed by atoms with E-state index in [0.29, 0.717) is 5.69 Å². The SMILES string of the molecule is COC(=O)c1[nH]c2ccccc2c1CCCCN1CC=C(c2ccccc2)CC1. The number of aromatic nitrogens is 1. The van der Waals surface area contributed by atoms with Crippen LogP contribution in [0.4, 0.5) is 0 Å². The fourth-order valence-electron chi connectivity index (χ4n) is 4.20. The van der Waals surface area contributed by atoms with Gasteiger partial charge in [0.2, 0.25) is 0 Å². The van der Waals surface area contributed by atoms with Crippen LogP contribution in [0.15, 0.2) is 60.7 Å². The molecule has 0 radical (unpaired) electrons. The normalized spacial score (nSPS) is 14.7. The van der Waals surface area contributed by atoms with E-state index in [1.807, 2.05) is 18.2 Å². The number of fused-ring (bicyclic) bond motifs is 1. The van der Waals surface area contributed by atoms with Gasteiger partial charge in [0.05, 0.1) is 7.11 Å². The van der Waals surface area contributed by atoms with Crippen LogP contribution in [-0.4, -0.2) is 42.6 Å². The number of carbonyl (C=O) groups excluding carboxylic acids is 1. The average molecular weight is 389 g/mol. The van der Waals surface area contributed by atoms with E-state index in [1.54, 1.807) is 0 Å². The van der Waals surface area contributed by atoms with Crippen LogP contribution >= 0.6 is 0 Å². The number of methoxy groups -OCH3 is 1. The van der Waals surface area contributed by atoms with E-state index < -0.39 is 0 Å². The number of esters is 1. The van der Waals surface area contributed by atoms with Crippen LogP contribution in [-0.2, 0) is 11.2 Å². The number of ether oxygens (including phenoxy) is 1. The Morgan fingerprint density at radius 2 is 1.86 bits per heavy atom. The lowest BCUT2D eigenvalue weighted by molar-refractivity contribution is 0.0594. The molecule has 150 valence electrons. The highest BCUT2D eigenvalue weighted by Crippen LogP contribution is 2.25. The molecular weight excluding hydrogens is 360 g/mol. The lowest BCUT2D eigenvalue weighted by Gasteiger charge is -2.26. The van der Waals surface area contributed by atoms with Gasteiger partial charge >= 0.3 is 5.97 Å². The van der Waals surface area contributed by atoms with Crippen LogP contribution in [0.3, 0.4) is 0 Å². The topological polar surface area (TPSA) is 45.3 Å². The zero-order valence-electron chi connectivity index (χ0n) is 17.0. The molecule has 4 heteroatoms. The van der Waals surface area contributed by atoms with Crippen molar-refractivity contribution in [2.45, 2.75) is 25.7 Å². The molecule has 0 aliphatic carbocycles. The first-order valence-corrected chi connectivity index (χ1v) is 10.4. The predicted molar refractivity (Wildman–Crippen MR) is 118 cm³/mol. The predicted octanol–water partition coefficient (Wildman–Crippen LogP) is 5.07. The van der Waals surface area contributed by atoms with E-state index in [0.717, 1.165) is 61.8 Å². The summed E-state index contributed by atoms with van der Waals surface area (Å²) < 4.78 is 4.97. The van der Waals surface area contributed by atoms with Gasteiger partial charge in [-0.25, -0.2) is 4.79 Å². The number of carbonyl (C=O) groups is 1. The molecule has 3 aromatic rings. The van der Waals surface area contributed by atoms with Crippen molar-refractivity contribution in [3.05, 3.63) is 77.5 Å². The van der Waals surface area contributed by atoms with Gasteiger partial charge in [-0.3, -0.25) is 4.90 Å². The highest BCUT2D eigenvalue weighted by atomic mass is 16.5. The fraction of sp³-hybridized carbons (Fsp3) is 0.320. The van der Waals surface area contributed by atoms with Gasteiger partial charge < -0.3 is 9.72 Å². The van der Waals surface area contributed by atoms with E-state index in [2.05, 4.69) is 52.4 Å². The molecule has 0 spiro atoms. The van der Waals surface area contributed by atoms with Crippen molar-refractivity contribution >= 4 is 22.4 Å². The molecule has 0 unspecified atom stereocenters. The smallest absolute Gasteiger partial charge is 0.354 e. The standard InChI is InChI=1S/C25H28N2O2/c1-29-25(28)24-22(21-11-5-6-13-23(21)26-24)12-7-8-16-27-17-14-20(15-18-27)19-9-3-2-4-10-19/h2-6,9-11,13-14,26H,7-8,12,15-18H2,1H3. The Kier molecular flexibility index (Phi) is 6.11. The maximum absolute atomic E-state index is 12.2. The summed E-state index contributed by atoms with van der Waals surface area (Å²) in [6.07, 6.45) is 6.53. The first kappa shape index (κ1) is 19.5. The number of nitrogens with zero attached hydrogens (tertiary/aromatic N) is 1. The lowest BCUT2D eigenvalue weighted by atomic mass is 9.99. The molecule has 1 aliphatic rings. The van der Waals surface area contributed by atoms with Gasteiger partial charge in [0.15, 0.2) is 0 Å².